The normalized spacial score (nSPS) is 26.8. The number of likely N-dealkylation sites (N-methyl/N-ethyl adjacent to an activating group) is 1. The number of benzene rings is 2. The largest absolute Gasteiger partial charge is 0.500 e. The van der Waals surface area contributed by atoms with Gasteiger partial charge in [0.15, 0.2) is 5.78 Å². The van der Waals surface area contributed by atoms with E-state index in [1.807, 2.05) is 50.1 Å². The quantitative estimate of drug-likeness (QED) is 0.334. The number of hydrogen-bond donors (Lipinski definition) is 0. The van der Waals surface area contributed by atoms with Crippen LogP contribution >= 0.6 is 23.2 Å². The van der Waals surface area contributed by atoms with Gasteiger partial charge in [0.05, 0.1) is 37.6 Å². The molecule has 0 bridgehead atoms. The molecule has 0 saturated carbocycles. The highest BCUT2D eigenvalue weighted by Crippen LogP contribution is 2.55. The number of carbonyl (C=O) groups is 3. The molecule has 0 aromatic heterocycles. The highest BCUT2D eigenvalue weighted by Gasteiger charge is 2.58. The molecule has 0 spiro atoms. The maximum Gasteiger partial charge on any atom is 0.246 e. The third-order valence-corrected chi connectivity index (χ3v) is 9.36. The summed E-state index contributed by atoms with van der Waals surface area (Å²) in [6.07, 6.45) is 2.86. The molecule has 4 atom stereocenters. The van der Waals surface area contributed by atoms with Crippen molar-refractivity contribution in [3.63, 3.8) is 0 Å². The Bertz CT molecular complexity index is 1570. The molecule has 0 fully saturated rings. The summed E-state index contributed by atoms with van der Waals surface area (Å²) in [5.74, 6) is 0.594. The Morgan fingerprint density at radius 2 is 1.61 bits per heavy atom. The minimum atomic E-state index is -1.17. The zero-order chi connectivity index (χ0) is 32.0. The molecule has 0 N–H and O–H groups in total. The van der Waals surface area contributed by atoms with E-state index in [1.165, 1.54) is 4.90 Å². The Morgan fingerprint density at radius 1 is 1.02 bits per heavy atom. The average molecular weight is 640 g/mol. The lowest BCUT2D eigenvalue weighted by molar-refractivity contribution is -0.138. The number of rotatable bonds is 9. The molecule has 2 heterocycles. The van der Waals surface area contributed by atoms with Crippen molar-refractivity contribution >= 4 is 47.1 Å². The molecule has 44 heavy (non-hydrogen) atoms. The van der Waals surface area contributed by atoms with Gasteiger partial charge in [-0.15, -0.1) is 0 Å². The second-order valence-electron chi connectivity index (χ2n) is 11.5. The second kappa shape index (κ2) is 12.0. The minimum absolute atomic E-state index is 0.0117. The molecule has 11 heteroatoms. The summed E-state index contributed by atoms with van der Waals surface area (Å²) in [4.78, 5) is 49.7. The topological polar surface area (TPSA) is 91.8 Å². The standard InChI is InChI=1S/C33H36Cl2N4O5/c1-7-24(41)17-38-26(42)18-37(4)30-29(38)32(2,44-6)16-25(43-5)33(30,3)31-36-27(20-8-12-22(34)13-9-20)28(39(31)19-40)21-10-14-23(35)15-11-21/h8-16,19,27-28H,7,17-18H2,1-6H3. The van der Waals surface area contributed by atoms with Crippen molar-refractivity contribution in [2.45, 2.75) is 44.9 Å². The van der Waals surface area contributed by atoms with Gasteiger partial charge in [-0.3, -0.25) is 24.3 Å². The number of Topliss-reactive ketones (excluding diaryl/α,β-unsaturated/α-hetero) is 1. The van der Waals surface area contributed by atoms with Gasteiger partial charge in [-0.25, -0.2) is 0 Å². The highest BCUT2D eigenvalue weighted by atomic mass is 35.5. The molecule has 2 aromatic rings. The average Bonchev–Trinajstić information content (AvgIpc) is 3.41. The summed E-state index contributed by atoms with van der Waals surface area (Å²) in [6, 6.07) is 13.7. The minimum Gasteiger partial charge on any atom is -0.500 e. The first-order chi connectivity index (χ1) is 20.9. The molecular formula is C33H36Cl2N4O5. The first-order valence-corrected chi connectivity index (χ1v) is 15.1. The SMILES string of the molecule is CCC(=O)CN1C(=O)CN(C)C2=C1C(C)(OC)C=C(OC)C2(C)C1=NC(c2ccc(Cl)cc2)C(c2ccc(Cl)cc2)N1C=O. The molecule has 3 aliphatic rings. The number of carbonyl (C=O) groups excluding carboxylic acids is 3. The van der Waals surface area contributed by atoms with Crippen LogP contribution in [0.15, 0.2) is 76.8 Å². The molecular weight excluding hydrogens is 603 g/mol. The van der Waals surface area contributed by atoms with Crippen LogP contribution in [0.3, 0.4) is 0 Å². The van der Waals surface area contributed by atoms with Crippen LogP contribution in [-0.2, 0) is 23.9 Å². The number of aliphatic imine (C=N–C) groups is 1. The summed E-state index contributed by atoms with van der Waals surface area (Å²) in [6.45, 7) is 5.44. The van der Waals surface area contributed by atoms with Crippen LogP contribution in [0.4, 0.5) is 0 Å². The molecule has 2 aromatic carbocycles. The molecule has 0 radical (unpaired) electrons. The van der Waals surface area contributed by atoms with Crippen LogP contribution in [0.1, 0.15) is 50.4 Å². The van der Waals surface area contributed by atoms with Gasteiger partial charge in [-0.05, 0) is 55.3 Å². The van der Waals surface area contributed by atoms with Gasteiger partial charge in [0.2, 0.25) is 12.3 Å². The smallest absolute Gasteiger partial charge is 0.246 e. The van der Waals surface area contributed by atoms with E-state index in [9.17, 15) is 14.4 Å². The molecule has 4 unspecified atom stereocenters. The Balaban J connectivity index is 1.79. The zero-order valence-corrected chi connectivity index (χ0v) is 27.1. The fourth-order valence-electron chi connectivity index (χ4n) is 6.57. The molecule has 2 aliphatic heterocycles. The van der Waals surface area contributed by atoms with Crippen molar-refractivity contribution < 1.29 is 23.9 Å². The number of ketones is 1. The van der Waals surface area contributed by atoms with E-state index in [0.29, 0.717) is 33.0 Å². The van der Waals surface area contributed by atoms with Crippen LogP contribution in [0.5, 0.6) is 0 Å². The zero-order valence-electron chi connectivity index (χ0n) is 25.6. The summed E-state index contributed by atoms with van der Waals surface area (Å²) in [7, 11) is 4.92. The fourth-order valence-corrected chi connectivity index (χ4v) is 6.82. The van der Waals surface area contributed by atoms with Gasteiger partial charge < -0.3 is 19.3 Å². The third-order valence-electron chi connectivity index (χ3n) is 8.85. The van der Waals surface area contributed by atoms with Gasteiger partial charge in [0, 0.05) is 30.6 Å². The van der Waals surface area contributed by atoms with Gasteiger partial charge in [-0.2, -0.15) is 0 Å². The van der Waals surface area contributed by atoms with Crippen molar-refractivity contribution in [2.24, 2.45) is 10.4 Å². The molecule has 2 amide bonds. The van der Waals surface area contributed by atoms with Gasteiger partial charge in [0.25, 0.3) is 0 Å². The van der Waals surface area contributed by atoms with Gasteiger partial charge in [-0.1, -0.05) is 54.4 Å². The third kappa shape index (κ3) is 5.10. The van der Waals surface area contributed by atoms with Crippen LogP contribution < -0.4 is 0 Å². The summed E-state index contributed by atoms with van der Waals surface area (Å²) >= 11 is 12.5. The van der Waals surface area contributed by atoms with Crippen LogP contribution in [0.25, 0.3) is 0 Å². The van der Waals surface area contributed by atoms with Crippen molar-refractivity contribution in [2.75, 3.05) is 34.4 Å². The molecule has 1 aliphatic carbocycles. The number of amides is 2. The lowest BCUT2D eigenvalue weighted by atomic mass is 9.71. The lowest BCUT2D eigenvalue weighted by Gasteiger charge is -2.52. The number of nitrogens with zero attached hydrogens (tertiary/aromatic N) is 4. The predicted molar refractivity (Wildman–Crippen MR) is 169 cm³/mol. The monoisotopic (exact) mass is 638 g/mol. The molecule has 9 nitrogen and oxygen atoms in total. The first-order valence-electron chi connectivity index (χ1n) is 14.4. The Morgan fingerprint density at radius 3 is 2.14 bits per heavy atom. The number of methoxy groups -OCH3 is 2. The van der Waals surface area contributed by atoms with E-state index in [1.54, 1.807) is 56.4 Å². The van der Waals surface area contributed by atoms with Gasteiger partial charge >= 0.3 is 0 Å². The maximum atomic E-state index is 13.5. The Hall–Kier alpha value is -3.66. The predicted octanol–water partition coefficient (Wildman–Crippen LogP) is 5.57. The number of amidine groups is 1. The second-order valence-corrected chi connectivity index (χ2v) is 12.4. The molecule has 232 valence electrons. The van der Waals surface area contributed by atoms with Crippen molar-refractivity contribution in [1.82, 2.24) is 14.7 Å². The lowest BCUT2D eigenvalue weighted by Crippen LogP contribution is -2.60. The first kappa shape index (κ1) is 31.8. The van der Waals surface area contributed by atoms with Crippen LogP contribution in [-0.4, -0.2) is 78.6 Å². The van der Waals surface area contributed by atoms with Crippen molar-refractivity contribution in [3.8, 4) is 0 Å². The summed E-state index contributed by atoms with van der Waals surface area (Å²) in [5.41, 5.74) is 0.558. The van der Waals surface area contributed by atoms with E-state index < -0.39 is 23.1 Å². The van der Waals surface area contributed by atoms with Crippen LogP contribution in [0.2, 0.25) is 10.0 Å². The van der Waals surface area contributed by atoms with Gasteiger partial charge in [0.1, 0.15) is 28.7 Å². The number of halogens is 2. The summed E-state index contributed by atoms with van der Waals surface area (Å²) in [5, 5.41) is 1.15. The van der Waals surface area contributed by atoms with Crippen molar-refractivity contribution in [1.29, 1.82) is 0 Å². The van der Waals surface area contributed by atoms with E-state index >= 15 is 0 Å². The Kier molecular flexibility index (Phi) is 8.68. The highest BCUT2D eigenvalue weighted by molar-refractivity contribution is 6.30. The number of hydrogen-bond acceptors (Lipinski definition) is 7. The van der Waals surface area contributed by atoms with E-state index in [4.69, 9.17) is 37.7 Å². The molecule has 5 rings (SSSR count). The van der Waals surface area contributed by atoms with E-state index in [-0.39, 0.29) is 31.2 Å². The van der Waals surface area contributed by atoms with E-state index in [2.05, 4.69) is 0 Å². The number of ether oxygens (including phenoxy) is 2. The summed E-state index contributed by atoms with van der Waals surface area (Å²) < 4.78 is 12.1. The van der Waals surface area contributed by atoms with E-state index in [0.717, 1.165) is 17.5 Å². The van der Waals surface area contributed by atoms with Crippen molar-refractivity contribution in [3.05, 3.63) is 92.9 Å². The maximum absolute atomic E-state index is 13.5. The molecule has 0 saturated heterocycles. The van der Waals surface area contributed by atoms with Crippen LogP contribution in [0, 0.1) is 5.41 Å². The Labute approximate surface area is 267 Å². The fraction of sp³-hybridized carbons (Fsp3) is 0.394.